The summed E-state index contributed by atoms with van der Waals surface area (Å²) >= 11 is 11.8. The fraction of sp³-hybridized carbons (Fsp3) is 0.150. The molecule has 0 aliphatic heterocycles. The summed E-state index contributed by atoms with van der Waals surface area (Å²) in [7, 11) is 0. The molecule has 0 saturated carbocycles. The lowest BCUT2D eigenvalue weighted by Gasteiger charge is -2.14. The van der Waals surface area contributed by atoms with Crippen molar-refractivity contribution in [3.63, 3.8) is 0 Å². The highest BCUT2D eigenvalue weighted by atomic mass is 35.5. The predicted octanol–water partition coefficient (Wildman–Crippen LogP) is 4.58. The molecule has 1 heterocycles. The van der Waals surface area contributed by atoms with E-state index in [1.165, 1.54) is 6.07 Å². The lowest BCUT2D eigenvalue weighted by molar-refractivity contribution is -0.124. The fourth-order valence-corrected chi connectivity index (χ4v) is 2.96. The molecule has 7 heteroatoms. The smallest absolute Gasteiger partial charge is 0.339 e. The van der Waals surface area contributed by atoms with Crippen LogP contribution in [0.4, 0.5) is 0 Å². The number of nitrogens with one attached hydrogen (secondary N) is 1. The Morgan fingerprint density at radius 1 is 1.11 bits per heavy atom. The first kappa shape index (κ1) is 19.1. The first-order chi connectivity index (χ1) is 12.9. The highest BCUT2D eigenvalue weighted by Crippen LogP contribution is 2.21. The molecule has 138 valence electrons. The van der Waals surface area contributed by atoms with Crippen LogP contribution < -0.4 is 5.32 Å². The van der Waals surface area contributed by atoms with Gasteiger partial charge in [-0.2, -0.15) is 0 Å². The third kappa shape index (κ3) is 4.76. The molecule has 1 N–H and O–H groups in total. The Morgan fingerprint density at radius 3 is 2.56 bits per heavy atom. The number of para-hydroxylation sites is 1. The number of fused-ring (bicyclic) bond motifs is 1. The summed E-state index contributed by atoms with van der Waals surface area (Å²) in [5, 5.41) is 4.19. The summed E-state index contributed by atoms with van der Waals surface area (Å²) in [5.74, 6) is -1.04. The second-order valence-corrected chi connectivity index (χ2v) is 6.75. The van der Waals surface area contributed by atoms with Gasteiger partial charge < -0.3 is 10.1 Å². The highest BCUT2D eigenvalue weighted by Gasteiger charge is 2.16. The number of amides is 1. The zero-order valence-corrected chi connectivity index (χ0v) is 15.9. The van der Waals surface area contributed by atoms with Crippen LogP contribution in [0.1, 0.15) is 28.9 Å². The molecule has 0 aliphatic rings. The van der Waals surface area contributed by atoms with E-state index < -0.39 is 18.5 Å². The summed E-state index contributed by atoms with van der Waals surface area (Å²) in [6, 6.07) is 15.4. The Kier molecular flexibility index (Phi) is 5.94. The van der Waals surface area contributed by atoms with Crippen molar-refractivity contribution < 1.29 is 14.3 Å². The molecule has 0 aliphatic carbocycles. The minimum Gasteiger partial charge on any atom is -0.452 e. The average Bonchev–Trinajstić information content (AvgIpc) is 2.65. The Balaban J connectivity index is 1.64. The Bertz CT molecular complexity index is 990. The maximum atomic E-state index is 12.4. The first-order valence-corrected chi connectivity index (χ1v) is 8.97. The number of halogens is 2. The van der Waals surface area contributed by atoms with E-state index in [9.17, 15) is 9.59 Å². The van der Waals surface area contributed by atoms with Gasteiger partial charge in [0.25, 0.3) is 5.91 Å². The monoisotopic (exact) mass is 402 g/mol. The van der Waals surface area contributed by atoms with Crippen LogP contribution in [0.15, 0.2) is 54.6 Å². The van der Waals surface area contributed by atoms with E-state index in [-0.39, 0.29) is 16.8 Å². The Morgan fingerprint density at radius 2 is 1.81 bits per heavy atom. The number of esters is 1. The lowest BCUT2D eigenvalue weighted by atomic mass is 10.1. The van der Waals surface area contributed by atoms with Crippen LogP contribution in [-0.4, -0.2) is 23.5 Å². The first-order valence-electron chi connectivity index (χ1n) is 8.21. The second kappa shape index (κ2) is 8.37. The van der Waals surface area contributed by atoms with Gasteiger partial charge in [-0.15, -0.1) is 0 Å². The molecule has 0 saturated heterocycles. The molecule has 3 rings (SSSR count). The summed E-state index contributed by atoms with van der Waals surface area (Å²) < 4.78 is 5.15. The number of benzene rings is 2. The number of aromatic nitrogens is 1. The van der Waals surface area contributed by atoms with Crippen LogP contribution in [0.2, 0.25) is 10.2 Å². The lowest BCUT2D eigenvalue weighted by Crippen LogP contribution is -2.31. The molecule has 5 nitrogen and oxygen atoms in total. The molecule has 2 aromatic carbocycles. The number of nitrogens with zero attached hydrogens (tertiary/aromatic N) is 1. The van der Waals surface area contributed by atoms with Gasteiger partial charge in [-0.3, -0.25) is 4.79 Å². The molecule has 0 radical (unpaired) electrons. The minimum absolute atomic E-state index is 0.182. The summed E-state index contributed by atoms with van der Waals surface area (Å²) in [6.45, 7) is 1.43. The Labute approximate surface area is 166 Å². The second-order valence-electron chi connectivity index (χ2n) is 5.93. The largest absolute Gasteiger partial charge is 0.452 e. The Hall–Kier alpha value is -2.63. The van der Waals surface area contributed by atoms with E-state index in [2.05, 4.69) is 10.3 Å². The standard InChI is InChI=1S/C20H16Cl2N2O3/c1-12(13-6-8-14(21)9-7-13)23-19(25)11-27-20(26)16-10-18(22)24-17-5-3-2-4-15(16)17/h2-10,12H,11H2,1H3,(H,23,25)/t12-/m0/s1. The molecule has 0 spiro atoms. The van der Waals surface area contributed by atoms with Gasteiger partial charge in [0, 0.05) is 10.4 Å². The molecule has 0 unspecified atom stereocenters. The number of hydrogen-bond donors (Lipinski definition) is 1. The molecule has 0 bridgehead atoms. The number of rotatable bonds is 5. The van der Waals surface area contributed by atoms with Crippen LogP contribution in [0.5, 0.6) is 0 Å². The number of carbonyl (C=O) groups excluding carboxylic acids is 2. The highest BCUT2D eigenvalue weighted by molar-refractivity contribution is 6.30. The van der Waals surface area contributed by atoms with Crippen molar-refractivity contribution in [3.05, 3.63) is 75.9 Å². The number of carbonyl (C=O) groups is 2. The van der Waals surface area contributed by atoms with E-state index in [0.717, 1.165) is 5.56 Å². The van der Waals surface area contributed by atoms with Crippen LogP contribution >= 0.6 is 23.2 Å². The summed E-state index contributed by atoms with van der Waals surface area (Å²) in [6.07, 6.45) is 0. The van der Waals surface area contributed by atoms with Crippen LogP contribution in [-0.2, 0) is 9.53 Å². The van der Waals surface area contributed by atoms with Gasteiger partial charge in [0.15, 0.2) is 6.61 Å². The maximum Gasteiger partial charge on any atom is 0.339 e. The van der Waals surface area contributed by atoms with Gasteiger partial charge in [0.05, 0.1) is 17.1 Å². The van der Waals surface area contributed by atoms with Gasteiger partial charge in [0.1, 0.15) is 5.15 Å². The van der Waals surface area contributed by atoms with Crippen molar-refractivity contribution in [1.82, 2.24) is 10.3 Å². The molecule has 3 aromatic rings. The molecule has 0 fully saturated rings. The average molecular weight is 403 g/mol. The van der Waals surface area contributed by atoms with Gasteiger partial charge in [-0.1, -0.05) is 53.5 Å². The van der Waals surface area contributed by atoms with E-state index in [1.807, 2.05) is 19.1 Å². The number of hydrogen-bond acceptors (Lipinski definition) is 4. The third-order valence-electron chi connectivity index (χ3n) is 3.99. The van der Waals surface area contributed by atoms with Crippen molar-refractivity contribution in [3.8, 4) is 0 Å². The van der Waals surface area contributed by atoms with Crippen molar-refractivity contribution in [2.24, 2.45) is 0 Å². The summed E-state index contributed by atoms with van der Waals surface area (Å²) in [4.78, 5) is 28.7. The minimum atomic E-state index is -0.634. The van der Waals surface area contributed by atoms with Crippen molar-refractivity contribution in [2.75, 3.05) is 6.61 Å². The third-order valence-corrected chi connectivity index (χ3v) is 4.43. The van der Waals surface area contributed by atoms with Gasteiger partial charge in [-0.25, -0.2) is 9.78 Å². The van der Waals surface area contributed by atoms with Gasteiger partial charge in [0.2, 0.25) is 0 Å². The zero-order chi connectivity index (χ0) is 19.4. The van der Waals surface area contributed by atoms with Crippen molar-refractivity contribution in [2.45, 2.75) is 13.0 Å². The van der Waals surface area contributed by atoms with Crippen molar-refractivity contribution in [1.29, 1.82) is 0 Å². The number of ether oxygens (including phenoxy) is 1. The van der Waals surface area contributed by atoms with Gasteiger partial charge >= 0.3 is 5.97 Å². The van der Waals surface area contributed by atoms with E-state index in [4.69, 9.17) is 27.9 Å². The topological polar surface area (TPSA) is 68.3 Å². The van der Waals surface area contributed by atoms with E-state index in [0.29, 0.717) is 15.9 Å². The maximum absolute atomic E-state index is 12.4. The molecule has 1 atom stereocenters. The molecule has 1 aromatic heterocycles. The molecule has 1 amide bonds. The zero-order valence-electron chi connectivity index (χ0n) is 14.4. The van der Waals surface area contributed by atoms with Crippen LogP contribution in [0.3, 0.4) is 0 Å². The van der Waals surface area contributed by atoms with Crippen molar-refractivity contribution >= 4 is 46.0 Å². The van der Waals surface area contributed by atoms with Crippen LogP contribution in [0.25, 0.3) is 10.9 Å². The number of pyridine rings is 1. The predicted molar refractivity (Wildman–Crippen MR) is 105 cm³/mol. The van der Waals surface area contributed by atoms with E-state index in [1.54, 1.807) is 36.4 Å². The molecule has 27 heavy (non-hydrogen) atoms. The fourth-order valence-electron chi connectivity index (χ4n) is 2.64. The SMILES string of the molecule is C[C@H](NC(=O)COC(=O)c1cc(Cl)nc2ccccc12)c1ccc(Cl)cc1. The van der Waals surface area contributed by atoms with Crippen LogP contribution in [0, 0.1) is 0 Å². The molecular formula is C20H16Cl2N2O3. The van der Waals surface area contributed by atoms with E-state index >= 15 is 0 Å². The quantitative estimate of drug-likeness (QED) is 0.500. The van der Waals surface area contributed by atoms with Gasteiger partial charge in [-0.05, 0) is 36.8 Å². The normalized spacial score (nSPS) is 11.8. The molecular weight excluding hydrogens is 387 g/mol. The summed E-state index contributed by atoms with van der Waals surface area (Å²) in [5.41, 5.74) is 1.74.